The molecule has 4 heterocycles. The van der Waals surface area contributed by atoms with E-state index in [4.69, 9.17) is 14.5 Å². The standard InChI is InChI=1S/C19H20N4O2/c1-11-6-13(4-5-20-11)19-21-9-16-15(23-19)8-14(22-16)12-2-3-17-18(7-12)25-10-24-17/h2-3,7-9,11,13,20,22H,4-6,10H2,1H3/p+1. The van der Waals surface area contributed by atoms with Gasteiger partial charge in [-0.1, -0.05) is 0 Å². The number of nitrogens with one attached hydrogen (secondary N) is 3. The van der Waals surface area contributed by atoms with Crippen LogP contribution in [0, 0.1) is 0 Å². The summed E-state index contributed by atoms with van der Waals surface area (Å²) in [5, 5.41) is 3.50. The smallest absolute Gasteiger partial charge is 0.300 e. The minimum Gasteiger partial charge on any atom is -0.454 e. The largest absolute Gasteiger partial charge is 0.454 e. The molecule has 2 aliphatic rings. The number of ether oxygens (including phenoxy) is 2. The van der Waals surface area contributed by atoms with Crippen LogP contribution < -0.4 is 19.8 Å². The van der Waals surface area contributed by atoms with E-state index in [2.05, 4.69) is 28.3 Å². The normalized spacial score (nSPS) is 22.4. The lowest BCUT2D eigenvalue weighted by Crippen LogP contribution is -2.36. The minimum atomic E-state index is 0.292. The molecule has 2 aliphatic heterocycles. The molecule has 1 saturated heterocycles. The van der Waals surface area contributed by atoms with E-state index in [1.165, 1.54) is 0 Å². The molecule has 0 saturated carbocycles. The van der Waals surface area contributed by atoms with Crippen LogP contribution in [0.5, 0.6) is 11.5 Å². The quantitative estimate of drug-likeness (QED) is 0.754. The molecular formula is C19H21N4O2+. The van der Waals surface area contributed by atoms with Crippen LogP contribution in [0.4, 0.5) is 0 Å². The van der Waals surface area contributed by atoms with Crippen molar-refractivity contribution in [2.75, 3.05) is 13.3 Å². The molecule has 2 unspecified atom stereocenters. The molecule has 128 valence electrons. The Balaban J connectivity index is 1.49. The lowest BCUT2D eigenvalue weighted by Gasteiger charge is -2.24. The molecule has 0 amide bonds. The highest BCUT2D eigenvalue weighted by Gasteiger charge is 2.27. The molecule has 3 aromatic rings. The van der Waals surface area contributed by atoms with Crippen molar-refractivity contribution in [3.05, 3.63) is 36.3 Å². The average Bonchev–Trinajstić information content (AvgIpc) is 3.26. The summed E-state index contributed by atoms with van der Waals surface area (Å²) >= 11 is 0. The highest BCUT2D eigenvalue weighted by atomic mass is 16.7. The van der Waals surface area contributed by atoms with E-state index in [9.17, 15) is 0 Å². The van der Waals surface area contributed by atoms with Crippen molar-refractivity contribution in [3.63, 3.8) is 0 Å². The van der Waals surface area contributed by atoms with Gasteiger partial charge >= 0.3 is 0 Å². The van der Waals surface area contributed by atoms with Gasteiger partial charge in [-0.25, -0.2) is 4.98 Å². The number of rotatable bonds is 2. The summed E-state index contributed by atoms with van der Waals surface area (Å²) in [7, 11) is 0. The SMILES string of the molecule is CC1CC(c2nc3cc(-c4ccc5c(c4)OCO5)[nH]c3c[nH+]2)CCN1. The number of nitrogens with zero attached hydrogens (tertiary/aromatic N) is 1. The molecule has 0 bridgehead atoms. The fourth-order valence-corrected chi connectivity index (χ4v) is 3.78. The Bertz CT molecular complexity index is 936. The molecule has 0 aliphatic carbocycles. The second kappa shape index (κ2) is 5.74. The first-order valence-corrected chi connectivity index (χ1v) is 8.81. The van der Waals surface area contributed by atoms with Crippen LogP contribution in [-0.2, 0) is 0 Å². The number of aromatic amines is 2. The van der Waals surface area contributed by atoms with Gasteiger partial charge < -0.3 is 19.8 Å². The number of aromatic nitrogens is 3. The fraction of sp³-hybridized carbons (Fsp3) is 0.368. The van der Waals surface area contributed by atoms with Gasteiger partial charge in [0, 0.05) is 17.7 Å². The van der Waals surface area contributed by atoms with Gasteiger partial charge in [0.2, 0.25) is 12.3 Å². The number of hydrogen-bond donors (Lipinski definition) is 2. The van der Waals surface area contributed by atoms with Crippen molar-refractivity contribution in [1.29, 1.82) is 0 Å². The maximum Gasteiger partial charge on any atom is 0.300 e. The van der Waals surface area contributed by atoms with Crippen LogP contribution in [0.2, 0.25) is 0 Å². The van der Waals surface area contributed by atoms with E-state index in [1.807, 2.05) is 24.4 Å². The first-order chi connectivity index (χ1) is 12.3. The summed E-state index contributed by atoms with van der Waals surface area (Å²) in [4.78, 5) is 11.7. The number of hydrogen-bond acceptors (Lipinski definition) is 4. The van der Waals surface area contributed by atoms with E-state index in [-0.39, 0.29) is 0 Å². The Morgan fingerprint density at radius 3 is 3.04 bits per heavy atom. The zero-order valence-electron chi connectivity index (χ0n) is 14.1. The van der Waals surface area contributed by atoms with Crippen molar-refractivity contribution >= 4 is 11.0 Å². The zero-order chi connectivity index (χ0) is 16.8. The highest BCUT2D eigenvalue weighted by Crippen LogP contribution is 2.36. The average molecular weight is 337 g/mol. The van der Waals surface area contributed by atoms with E-state index in [0.29, 0.717) is 18.8 Å². The molecule has 6 nitrogen and oxygen atoms in total. The first-order valence-electron chi connectivity index (χ1n) is 8.81. The van der Waals surface area contributed by atoms with Crippen molar-refractivity contribution in [1.82, 2.24) is 15.3 Å². The molecule has 1 aromatic carbocycles. The van der Waals surface area contributed by atoms with Crippen molar-refractivity contribution < 1.29 is 14.5 Å². The van der Waals surface area contributed by atoms with Crippen LogP contribution >= 0.6 is 0 Å². The van der Waals surface area contributed by atoms with Gasteiger partial charge in [0.15, 0.2) is 11.5 Å². The lowest BCUT2D eigenvalue weighted by atomic mass is 9.92. The Hall–Kier alpha value is -2.60. The van der Waals surface area contributed by atoms with Gasteiger partial charge in [-0.05, 0) is 49.5 Å². The first kappa shape index (κ1) is 14.7. The highest BCUT2D eigenvalue weighted by molar-refractivity contribution is 5.82. The predicted octanol–water partition coefficient (Wildman–Crippen LogP) is 2.63. The second-order valence-corrected chi connectivity index (χ2v) is 6.91. The van der Waals surface area contributed by atoms with Crippen LogP contribution in [0.1, 0.15) is 31.5 Å². The zero-order valence-corrected chi connectivity index (χ0v) is 14.1. The van der Waals surface area contributed by atoms with Gasteiger partial charge in [-0.3, -0.25) is 0 Å². The summed E-state index contributed by atoms with van der Waals surface area (Å²) in [5.41, 5.74) is 4.11. The Morgan fingerprint density at radius 1 is 1.20 bits per heavy atom. The number of H-pyrrole nitrogens is 2. The van der Waals surface area contributed by atoms with Gasteiger partial charge in [0.05, 0.1) is 11.6 Å². The summed E-state index contributed by atoms with van der Waals surface area (Å²) in [6.45, 7) is 3.58. The number of piperidine rings is 1. The molecule has 6 heteroatoms. The van der Waals surface area contributed by atoms with Gasteiger partial charge in [-0.2, -0.15) is 0 Å². The molecule has 5 rings (SSSR count). The maximum absolute atomic E-state index is 5.48. The summed E-state index contributed by atoms with van der Waals surface area (Å²) in [5.74, 6) is 3.16. The van der Waals surface area contributed by atoms with Crippen molar-refractivity contribution in [3.8, 4) is 22.8 Å². The van der Waals surface area contributed by atoms with Crippen LogP contribution in [0.25, 0.3) is 22.3 Å². The third-order valence-corrected chi connectivity index (χ3v) is 5.13. The van der Waals surface area contributed by atoms with E-state index >= 15 is 0 Å². The molecule has 2 atom stereocenters. The van der Waals surface area contributed by atoms with Crippen LogP contribution in [-0.4, -0.2) is 29.3 Å². The molecular weight excluding hydrogens is 316 g/mol. The second-order valence-electron chi connectivity index (χ2n) is 6.91. The number of benzene rings is 1. The number of fused-ring (bicyclic) bond motifs is 2. The Kier molecular flexibility index (Phi) is 3.38. The molecule has 25 heavy (non-hydrogen) atoms. The van der Waals surface area contributed by atoms with Crippen LogP contribution in [0.15, 0.2) is 30.5 Å². The van der Waals surface area contributed by atoms with Gasteiger partial charge in [-0.15, -0.1) is 0 Å². The molecule has 0 spiro atoms. The Morgan fingerprint density at radius 2 is 2.12 bits per heavy atom. The topological polar surface area (TPSA) is 73.3 Å². The summed E-state index contributed by atoms with van der Waals surface area (Å²) in [6.07, 6.45) is 4.27. The molecule has 0 radical (unpaired) electrons. The monoisotopic (exact) mass is 337 g/mol. The molecule has 3 N–H and O–H groups in total. The third kappa shape index (κ3) is 2.62. The predicted molar refractivity (Wildman–Crippen MR) is 93.6 cm³/mol. The summed E-state index contributed by atoms with van der Waals surface area (Å²) in [6, 6.07) is 8.64. The van der Waals surface area contributed by atoms with Crippen molar-refractivity contribution in [2.24, 2.45) is 0 Å². The van der Waals surface area contributed by atoms with E-state index in [0.717, 1.165) is 59.0 Å². The van der Waals surface area contributed by atoms with Crippen molar-refractivity contribution in [2.45, 2.75) is 31.7 Å². The van der Waals surface area contributed by atoms with Gasteiger partial charge in [0.1, 0.15) is 11.7 Å². The fourth-order valence-electron chi connectivity index (χ4n) is 3.78. The maximum atomic E-state index is 5.48. The van der Waals surface area contributed by atoms with E-state index in [1.54, 1.807) is 0 Å². The lowest BCUT2D eigenvalue weighted by molar-refractivity contribution is -0.397. The molecule has 2 aromatic heterocycles. The van der Waals surface area contributed by atoms with Gasteiger partial charge in [0.25, 0.3) is 5.82 Å². The summed E-state index contributed by atoms with van der Waals surface area (Å²) < 4.78 is 10.9. The van der Waals surface area contributed by atoms with Crippen LogP contribution in [0.3, 0.4) is 0 Å². The third-order valence-electron chi connectivity index (χ3n) is 5.13. The Labute approximate surface area is 145 Å². The minimum absolute atomic E-state index is 0.292. The van der Waals surface area contributed by atoms with E-state index < -0.39 is 0 Å². The molecule has 1 fully saturated rings.